The summed E-state index contributed by atoms with van der Waals surface area (Å²) in [5.41, 5.74) is 5.22. The number of thiophene rings is 1. The lowest BCUT2D eigenvalue weighted by atomic mass is 9.89. The molecule has 0 saturated carbocycles. The van der Waals surface area contributed by atoms with E-state index in [1.165, 1.54) is 39.9 Å². The number of hydrogen-bond donors (Lipinski definition) is 2. The summed E-state index contributed by atoms with van der Waals surface area (Å²) in [6.07, 6.45) is 6.54. The normalized spacial score (nSPS) is 14.5. The smallest absolute Gasteiger partial charge is 0.147 e. The van der Waals surface area contributed by atoms with Crippen molar-refractivity contribution in [1.82, 2.24) is 15.0 Å². The molecule has 5 nitrogen and oxygen atoms in total. The molecular weight excluding hydrogens is 318 g/mol. The third-order valence-electron chi connectivity index (χ3n) is 4.85. The Morgan fingerprint density at radius 3 is 2.75 bits per heavy atom. The molecule has 3 aromatic heterocycles. The maximum absolute atomic E-state index is 4.89. The van der Waals surface area contributed by atoms with Gasteiger partial charge in [0.25, 0.3) is 0 Å². The highest BCUT2D eigenvalue weighted by atomic mass is 32.1. The largest absolute Gasteiger partial charge is 0.363 e. The SMILES string of the molecule is Cc1nc2sc3c(NCC[NH+](C)C)ncnc3c2c2c1CCCC2. The zero-order chi connectivity index (χ0) is 16.7. The van der Waals surface area contributed by atoms with Crippen molar-refractivity contribution in [3.63, 3.8) is 0 Å². The minimum atomic E-state index is 0.910. The highest BCUT2D eigenvalue weighted by Crippen LogP contribution is 2.40. The lowest BCUT2D eigenvalue weighted by molar-refractivity contribution is -0.856. The Morgan fingerprint density at radius 2 is 1.96 bits per heavy atom. The third-order valence-corrected chi connectivity index (χ3v) is 5.93. The van der Waals surface area contributed by atoms with E-state index in [-0.39, 0.29) is 0 Å². The standard InChI is InChI=1S/C18H23N5S/c1-11-12-6-4-5-7-13(12)14-15-16(24-18(14)22-11)17(21-10-20-15)19-8-9-23(2)3/h10H,4-9H2,1-3H3,(H,19,20,21)/p+1. The lowest BCUT2D eigenvalue weighted by Gasteiger charge is -2.18. The van der Waals surface area contributed by atoms with E-state index < -0.39 is 0 Å². The predicted octanol–water partition coefficient (Wildman–Crippen LogP) is 1.98. The molecule has 1 aliphatic carbocycles. The van der Waals surface area contributed by atoms with Crippen molar-refractivity contribution in [2.45, 2.75) is 32.6 Å². The van der Waals surface area contributed by atoms with Gasteiger partial charge in [0.1, 0.15) is 17.0 Å². The fourth-order valence-corrected chi connectivity index (χ4v) is 4.78. The summed E-state index contributed by atoms with van der Waals surface area (Å²) >= 11 is 1.73. The number of aromatic nitrogens is 3. The zero-order valence-corrected chi connectivity index (χ0v) is 15.4. The van der Waals surface area contributed by atoms with Gasteiger partial charge in [0.05, 0.1) is 37.4 Å². The van der Waals surface area contributed by atoms with E-state index >= 15 is 0 Å². The Kier molecular flexibility index (Phi) is 4.10. The summed E-state index contributed by atoms with van der Waals surface area (Å²) in [7, 11) is 4.32. The molecule has 0 aromatic carbocycles. The van der Waals surface area contributed by atoms with Crippen LogP contribution in [-0.2, 0) is 12.8 Å². The van der Waals surface area contributed by atoms with E-state index in [0.717, 1.165) is 46.8 Å². The van der Waals surface area contributed by atoms with Gasteiger partial charge in [-0.05, 0) is 43.7 Å². The van der Waals surface area contributed by atoms with Gasteiger partial charge in [-0.25, -0.2) is 15.0 Å². The number of fused-ring (bicyclic) bond motifs is 5. The molecule has 0 spiro atoms. The molecule has 0 atom stereocenters. The molecule has 0 unspecified atom stereocenters. The van der Waals surface area contributed by atoms with Crippen LogP contribution in [0.5, 0.6) is 0 Å². The first-order chi connectivity index (χ1) is 11.6. The van der Waals surface area contributed by atoms with Crippen LogP contribution < -0.4 is 10.2 Å². The van der Waals surface area contributed by atoms with Gasteiger partial charge in [-0.2, -0.15) is 0 Å². The number of hydrogen-bond acceptors (Lipinski definition) is 5. The Hall–Kier alpha value is -1.79. The summed E-state index contributed by atoms with van der Waals surface area (Å²) in [6.45, 7) is 4.12. The molecule has 126 valence electrons. The maximum atomic E-state index is 4.89. The molecular formula is C18H24N5S+. The minimum absolute atomic E-state index is 0.910. The van der Waals surface area contributed by atoms with Crippen molar-refractivity contribution >= 4 is 37.6 Å². The van der Waals surface area contributed by atoms with E-state index in [9.17, 15) is 0 Å². The molecule has 0 saturated heterocycles. The Morgan fingerprint density at radius 1 is 1.17 bits per heavy atom. The van der Waals surface area contributed by atoms with Crippen molar-refractivity contribution in [2.75, 3.05) is 32.5 Å². The molecule has 1 aliphatic rings. The second-order valence-corrected chi connectivity index (χ2v) is 7.93. The van der Waals surface area contributed by atoms with Crippen molar-refractivity contribution in [3.05, 3.63) is 23.1 Å². The summed E-state index contributed by atoms with van der Waals surface area (Å²) in [5.74, 6) is 0.950. The zero-order valence-electron chi connectivity index (χ0n) is 14.6. The monoisotopic (exact) mass is 342 g/mol. The Bertz CT molecular complexity index is 899. The van der Waals surface area contributed by atoms with Gasteiger partial charge in [-0.15, -0.1) is 11.3 Å². The topological polar surface area (TPSA) is 55.1 Å². The average molecular weight is 342 g/mol. The molecule has 6 heteroatoms. The molecule has 3 aromatic rings. The summed E-state index contributed by atoms with van der Waals surface area (Å²) in [5, 5.41) is 4.76. The van der Waals surface area contributed by atoms with Crippen LogP contribution in [0.15, 0.2) is 6.33 Å². The Balaban J connectivity index is 1.86. The first-order valence-electron chi connectivity index (χ1n) is 8.73. The molecule has 0 radical (unpaired) electrons. The number of rotatable bonds is 4. The van der Waals surface area contributed by atoms with Gasteiger partial charge < -0.3 is 10.2 Å². The molecule has 0 aliphatic heterocycles. The minimum Gasteiger partial charge on any atom is -0.363 e. The number of likely N-dealkylation sites (N-methyl/N-ethyl adjacent to an activating group) is 1. The van der Waals surface area contributed by atoms with Crippen molar-refractivity contribution in [3.8, 4) is 0 Å². The first kappa shape index (κ1) is 15.7. The molecule has 0 bridgehead atoms. The van der Waals surface area contributed by atoms with E-state index in [1.54, 1.807) is 17.7 Å². The van der Waals surface area contributed by atoms with Gasteiger partial charge in [-0.3, -0.25) is 0 Å². The van der Waals surface area contributed by atoms with Crippen LogP contribution in [0, 0.1) is 6.92 Å². The quantitative estimate of drug-likeness (QED) is 0.761. The van der Waals surface area contributed by atoms with Gasteiger partial charge in [0.15, 0.2) is 0 Å². The molecule has 4 rings (SSSR count). The highest BCUT2D eigenvalue weighted by molar-refractivity contribution is 7.26. The number of pyridine rings is 1. The van der Waals surface area contributed by atoms with Crippen LogP contribution in [0.1, 0.15) is 29.7 Å². The van der Waals surface area contributed by atoms with Crippen LogP contribution in [0.3, 0.4) is 0 Å². The van der Waals surface area contributed by atoms with Gasteiger partial charge in [0.2, 0.25) is 0 Å². The van der Waals surface area contributed by atoms with Gasteiger partial charge in [-0.1, -0.05) is 0 Å². The number of nitrogens with zero attached hydrogens (tertiary/aromatic N) is 3. The maximum Gasteiger partial charge on any atom is 0.147 e. The number of anilines is 1. The van der Waals surface area contributed by atoms with Crippen LogP contribution >= 0.6 is 11.3 Å². The number of aryl methyl sites for hydroxylation is 2. The fourth-order valence-electron chi connectivity index (χ4n) is 3.61. The van der Waals surface area contributed by atoms with Crippen molar-refractivity contribution < 1.29 is 4.90 Å². The van der Waals surface area contributed by atoms with E-state index in [2.05, 4.69) is 36.3 Å². The molecule has 2 N–H and O–H groups in total. The van der Waals surface area contributed by atoms with Crippen LogP contribution in [0.4, 0.5) is 5.82 Å². The number of quaternary nitrogens is 1. The average Bonchev–Trinajstić information content (AvgIpc) is 2.94. The van der Waals surface area contributed by atoms with E-state index in [1.807, 2.05) is 0 Å². The lowest BCUT2D eigenvalue weighted by Crippen LogP contribution is -3.06. The fraction of sp³-hybridized carbons (Fsp3) is 0.500. The highest BCUT2D eigenvalue weighted by Gasteiger charge is 2.21. The third kappa shape index (κ3) is 2.63. The molecule has 0 fully saturated rings. The van der Waals surface area contributed by atoms with E-state index in [0.29, 0.717) is 0 Å². The summed E-state index contributed by atoms with van der Waals surface area (Å²) in [4.78, 5) is 16.5. The van der Waals surface area contributed by atoms with Crippen LogP contribution in [-0.4, -0.2) is 42.1 Å². The van der Waals surface area contributed by atoms with Gasteiger partial charge in [0, 0.05) is 11.1 Å². The number of nitrogens with one attached hydrogen (secondary N) is 2. The molecule has 3 heterocycles. The van der Waals surface area contributed by atoms with E-state index in [4.69, 9.17) is 4.98 Å². The predicted molar refractivity (Wildman–Crippen MR) is 100 cm³/mol. The van der Waals surface area contributed by atoms with Crippen molar-refractivity contribution in [1.29, 1.82) is 0 Å². The second kappa shape index (κ2) is 6.26. The molecule has 0 amide bonds. The summed E-state index contributed by atoms with van der Waals surface area (Å²) < 4.78 is 1.15. The molecule has 24 heavy (non-hydrogen) atoms. The summed E-state index contributed by atoms with van der Waals surface area (Å²) in [6, 6.07) is 0. The Labute approximate surface area is 146 Å². The van der Waals surface area contributed by atoms with Gasteiger partial charge >= 0.3 is 0 Å². The second-order valence-electron chi connectivity index (χ2n) is 6.93. The van der Waals surface area contributed by atoms with Crippen LogP contribution in [0.25, 0.3) is 20.4 Å². The van der Waals surface area contributed by atoms with Crippen molar-refractivity contribution in [2.24, 2.45) is 0 Å². The first-order valence-corrected chi connectivity index (χ1v) is 9.55. The van der Waals surface area contributed by atoms with Crippen LogP contribution in [0.2, 0.25) is 0 Å².